The number of rotatable bonds is 5. The number of pyridine rings is 1. The van der Waals surface area contributed by atoms with Gasteiger partial charge in [0.1, 0.15) is 0 Å². The van der Waals surface area contributed by atoms with E-state index in [1.54, 1.807) is 58.5 Å². The standard InChI is InChI=1S/C20H21N5O3S/c1-14-10-17-12-18(4-5-19(17)25(14)15(2)26)29(27,28)23-13-16-6-8-21-20(11-16)24-9-3-7-22-24/h3-9,11-12,14,23H,10,13H2,1-2H3. The molecule has 0 saturated heterocycles. The van der Waals surface area contributed by atoms with Gasteiger partial charge in [-0.15, -0.1) is 0 Å². The Bertz CT molecular complexity index is 1160. The summed E-state index contributed by atoms with van der Waals surface area (Å²) in [5, 5.41) is 4.13. The number of hydrogen-bond donors (Lipinski definition) is 1. The summed E-state index contributed by atoms with van der Waals surface area (Å²) in [5.41, 5.74) is 2.41. The van der Waals surface area contributed by atoms with Crippen molar-refractivity contribution < 1.29 is 13.2 Å². The Kier molecular flexibility index (Phi) is 4.93. The molecule has 1 atom stereocenters. The second-order valence-corrected chi connectivity index (χ2v) is 8.80. The second kappa shape index (κ2) is 7.41. The van der Waals surface area contributed by atoms with Gasteiger partial charge in [-0.2, -0.15) is 5.10 Å². The van der Waals surface area contributed by atoms with E-state index in [-0.39, 0.29) is 23.4 Å². The number of carbonyl (C=O) groups excluding carboxylic acids is 1. The lowest BCUT2D eigenvalue weighted by molar-refractivity contribution is -0.116. The molecule has 3 heterocycles. The van der Waals surface area contributed by atoms with E-state index >= 15 is 0 Å². The Hall–Kier alpha value is -3.04. The Labute approximate surface area is 169 Å². The predicted molar refractivity (Wildman–Crippen MR) is 108 cm³/mol. The van der Waals surface area contributed by atoms with Crippen molar-refractivity contribution in [1.82, 2.24) is 19.5 Å². The number of amides is 1. The highest BCUT2D eigenvalue weighted by Gasteiger charge is 2.30. The number of benzene rings is 1. The lowest BCUT2D eigenvalue weighted by atomic mass is 10.1. The van der Waals surface area contributed by atoms with Crippen LogP contribution in [0.5, 0.6) is 0 Å². The zero-order valence-electron chi connectivity index (χ0n) is 16.1. The van der Waals surface area contributed by atoms with E-state index < -0.39 is 10.0 Å². The smallest absolute Gasteiger partial charge is 0.240 e. The van der Waals surface area contributed by atoms with Crippen LogP contribution in [0, 0.1) is 0 Å². The largest absolute Gasteiger partial charge is 0.309 e. The van der Waals surface area contributed by atoms with Crippen LogP contribution < -0.4 is 9.62 Å². The molecule has 2 aromatic heterocycles. The normalized spacial score (nSPS) is 16.1. The van der Waals surface area contributed by atoms with E-state index in [1.807, 2.05) is 6.92 Å². The van der Waals surface area contributed by atoms with Gasteiger partial charge in [0.15, 0.2) is 5.82 Å². The van der Waals surface area contributed by atoms with E-state index in [9.17, 15) is 13.2 Å². The number of nitrogens with zero attached hydrogens (tertiary/aromatic N) is 4. The molecule has 0 saturated carbocycles. The lowest BCUT2D eigenvalue weighted by Crippen LogP contribution is -2.33. The van der Waals surface area contributed by atoms with Crippen LogP contribution in [0.3, 0.4) is 0 Å². The van der Waals surface area contributed by atoms with E-state index in [2.05, 4.69) is 14.8 Å². The molecule has 1 N–H and O–H groups in total. The van der Waals surface area contributed by atoms with Gasteiger partial charge in [-0.1, -0.05) is 0 Å². The summed E-state index contributed by atoms with van der Waals surface area (Å²) in [6.07, 6.45) is 5.68. The fourth-order valence-electron chi connectivity index (χ4n) is 3.62. The molecule has 3 aromatic rings. The minimum absolute atomic E-state index is 0.0194. The number of anilines is 1. The zero-order valence-corrected chi connectivity index (χ0v) is 16.9. The summed E-state index contributed by atoms with van der Waals surface area (Å²) >= 11 is 0. The molecular weight excluding hydrogens is 390 g/mol. The highest BCUT2D eigenvalue weighted by atomic mass is 32.2. The van der Waals surface area contributed by atoms with Crippen LogP contribution in [-0.4, -0.2) is 35.1 Å². The SMILES string of the molecule is CC(=O)N1c2ccc(S(=O)(=O)NCc3ccnc(-n4cccn4)c3)cc2CC1C. The Morgan fingerprint density at radius 3 is 2.79 bits per heavy atom. The molecule has 150 valence electrons. The summed E-state index contributed by atoms with van der Waals surface area (Å²) in [4.78, 5) is 18.0. The average Bonchev–Trinajstić information content (AvgIpc) is 3.33. The molecule has 8 nitrogen and oxygen atoms in total. The van der Waals surface area contributed by atoms with Crippen molar-refractivity contribution in [1.29, 1.82) is 0 Å². The number of carbonyl (C=O) groups is 1. The molecule has 0 fully saturated rings. The highest BCUT2D eigenvalue weighted by Crippen LogP contribution is 2.33. The molecule has 4 rings (SSSR count). The van der Waals surface area contributed by atoms with Gasteiger partial charge in [0.2, 0.25) is 15.9 Å². The molecule has 1 unspecified atom stereocenters. The van der Waals surface area contributed by atoms with E-state index in [0.717, 1.165) is 16.8 Å². The molecule has 9 heteroatoms. The average molecular weight is 411 g/mol. The predicted octanol–water partition coefficient (Wildman–Crippen LogP) is 2.04. The molecule has 1 amide bonds. The van der Waals surface area contributed by atoms with Crippen molar-refractivity contribution in [2.75, 3.05) is 4.90 Å². The minimum Gasteiger partial charge on any atom is -0.309 e. The third kappa shape index (κ3) is 3.79. The number of hydrogen-bond acceptors (Lipinski definition) is 5. The molecule has 0 bridgehead atoms. The Morgan fingerprint density at radius 1 is 1.24 bits per heavy atom. The number of fused-ring (bicyclic) bond motifs is 1. The summed E-state index contributed by atoms with van der Waals surface area (Å²) in [5.74, 6) is 0.568. The van der Waals surface area contributed by atoms with E-state index in [4.69, 9.17) is 0 Å². The van der Waals surface area contributed by atoms with Crippen molar-refractivity contribution in [2.24, 2.45) is 0 Å². The fourth-order valence-corrected chi connectivity index (χ4v) is 4.68. The molecule has 0 spiro atoms. The van der Waals surface area contributed by atoms with Gasteiger partial charge in [-0.3, -0.25) is 4.79 Å². The first-order valence-corrected chi connectivity index (χ1v) is 10.7. The van der Waals surface area contributed by atoms with Crippen LogP contribution in [0.1, 0.15) is 25.0 Å². The third-order valence-electron chi connectivity index (χ3n) is 4.93. The van der Waals surface area contributed by atoms with Crippen LogP contribution in [-0.2, 0) is 27.8 Å². The van der Waals surface area contributed by atoms with Crippen molar-refractivity contribution in [3.8, 4) is 5.82 Å². The van der Waals surface area contributed by atoms with E-state index in [0.29, 0.717) is 12.2 Å². The van der Waals surface area contributed by atoms with Gasteiger partial charge in [-0.25, -0.2) is 22.8 Å². The monoisotopic (exact) mass is 411 g/mol. The molecule has 29 heavy (non-hydrogen) atoms. The maximum atomic E-state index is 12.8. The quantitative estimate of drug-likeness (QED) is 0.693. The minimum atomic E-state index is -3.70. The molecule has 0 radical (unpaired) electrons. The van der Waals surface area contributed by atoms with Crippen molar-refractivity contribution >= 4 is 21.6 Å². The topological polar surface area (TPSA) is 97.2 Å². The number of sulfonamides is 1. The van der Waals surface area contributed by atoms with Gasteiger partial charge in [0, 0.05) is 43.8 Å². The lowest BCUT2D eigenvalue weighted by Gasteiger charge is -2.20. The summed E-state index contributed by atoms with van der Waals surface area (Å²) < 4.78 is 29.8. The molecular formula is C20H21N5O3S. The van der Waals surface area contributed by atoms with Crippen LogP contribution in [0.2, 0.25) is 0 Å². The van der Waals surface area contributed by atoms with Crippen molar-refractivity contribution in [3.05, 3.63) is 66.1 Å². The summed E-state index contributed by atoms with van der Waals surface area (Å²) in [6, 6.07) is 10.2. The van der Waals surface area contributed by atoms with Gasteiger partial charge in [0.25, 0.3) is 0 Å². The summed E-state index contributed by atoms with van der Waals surface area (Å²) in [6.45, 7) is 3.60. The first-order chi connectivity index (χ1) is 13.8. The molecule has 1 aliphatic heterocycles. The maximum Gasteiger partial charge on any atom is 0.240 e. The van der Waals surface area contributed by atoms with Crippen LogP contribution in [0.4, 0.5) is 5.69 Å². The van der Waals surface area contributed by atoms with Gasteiger partial charge in [-0.05, 0) is 60.9 Å². The third-order valence-corrected chi connectivity index (χ3v) is 6.33. The Morgan fingerprint density at radius 2 is 2.07 bits per heavy atom. The second-order valence-electron chi connectivity index (χ2n) is 7.03. The Balaban J connectivity index is 1.53. The van der Waals surface area contributed by atoms with Crippen LogP contribution >= 0.6 is 0 Å². The maximum absolute atomic E-state index is 12.8. The molecule has 0 aliphatic carbocycles. The van der Waals surface area contributed by atoms with Gasteiger partial charge >= 0.3 is 0 Å². The molecule has 1 aromatic carbocycles. The van der Waals surface area contributed by atoms with Gasteiger partial charge < -0.3 is 4.90 Å². The first kappa shape index (κ1) is 19.3. The van der Waals surface area contributed by atoms with E-state index in [1.165, 1.54) is 13.0 Å². The van der Waals surface area contributed by atoms with Crippen LogP contribution in [0.25, 0.3) is 5.82 Å². The zero-order chi connectivity index (χ0) is 20.6. The number of nitrogens with one attached hydrogen (secondary N) is 1. The van der Waals surface area contributed by atoms with Crippen molar-refractivity contribution in [2.45, 2.75) is 37.8 Å². The number of aromatic nitrogens is 3. The van der Waals surface area contributed by atoms with Crippen molar-refractivity contribution in [3.63, 3.8) is 0 Å². The first-order valence-electron chi connectivity index (χ1n) is 9.22. The van der Waals surface area contributed by atoms with Gasteiger partial charge in [0.05, 0.1) is 4.90 Å². The highest BCUT2D eigenvalue weighted by molar-refractivity contribution is 7.89. The van der Waals surface area contributed by atoms with Crippen LogP contribution in [0.15, 0.2) is 59.9 Å². The summed E-state index contributed by atoms with van der Waals surface area (Å²) in [7, 11) is -3.70. The fraction of sp³-hybridized carbons (Fsp3) is 0.250. The molecule has 1 aliphatic rings.